The Balaban J connectivity index is 1.44. The van der Waals surface area contributed by atoms with Gasteiger partial charge in [-0.25, -0.2) is 0 Å². The highest BCUT2D eigenvalue weighted by atomic mass is 16.5. The lowest BCUT2D eigenvalue weighted by Gasteiger charge is -2.23. The van der Waals surface area contributed by atoms with E-state index in [1.54, 1.807) is 0 Å². The van der Waals surface area contributed by atoms with Crippen molar-refractivity contribution in [2.75, 3.05) is 32.8 Å². The number of hydrogen-bond donors (Lipinski definition) is 2. The number of amides is 1. The molecule has 2 saturated heterocycles. The summed E-state index contributed by atoms with van der Waals surface area (Å²) < 4.78 is 5.32. The van der Waals surface area contributed by atoms with Gasteiger partial charge in [-0.3, -0.25) is 4.79 Å². The van der Waals surface area contributed by atoms with Crippen LogP contribution in [0.25, 0.3) is 0 Å². The summed E-state index contributed by atoms with van der Waals surface area (Å²) in [7, 11) is 0. The van der Waals surface area contributed by atoms with Gasteiger partial charge in [-0.2, -0.15) is 0 Å². The maximum atomic E-state index is 12.1. The van der Waals surface area contributed by atoms with Gasteiger partial charge in [-0.1, -0.05) is 0 Å². The Bertz CT molecular complexity index is 294. The van der Waals surface area contributed by atoms with Crippen LogP contribution in [0.15, 0.2) is 0 Å². The molecule has 2 N–H and O–H groups in total. The molecule has 4 heteroatoms. The third kappa shape index (κ3) is 2.33. The number of carbonyl (C=O) groups excluding carboxylic acids is 1. The van der Waals surface area contributed by atoms with Crippen LogP contribution in [0.5, 0.6) is 0 Å². The number of nitrogens with one attached hydrogen (secondary N) is 2. The Labute approximate surface area is 102 Å². The van der Waals surface area contributed by atoms with Crippen molar-refractivity contribution in [3.63, 3.8) is 0 Å². The van der Waals surface area contributed by atoms with Gasteiger partial charge in [-0.15, -0.1) is 0 Å². The van der Waals surface area contributed by atoms with Crippen LogP contribution in [-0.4, -0.2) is 38.8 Å². The summed E-state index contributed by atoms with van der Waals surface area (Å²) in [5.41, 5.74) is 0.363. The van der Waals surface area contributed by atoms with Gasteiger partial charge < -0.3 is 15.4 Å². The van der Waals surface area contributed by atoms with Gasteiger partial charge in [0.1, 0.15) is 0 Å². The smallest absolute Gasteiger partial charge is 0.223 e. The lowest BCUT2D eigenvalue weighted by Crippen LogP contribution is -2.35. The lowest BCUT2D eigenvalue weighted by molar-refractivity contribution is -0.123. The summed E-state index contributed by atoms with van der Waals surface area (Å²) in [4.78, 5) is 12.1. The fraction of sp³-hybridized carbons (Fsp3) is 0.923. The molecule has 3 rings (SSSR count). The van der Waals surface area contributed by atoms with E-state index < -0.39 is 0 Å². The van der Waals surface area contributed by atoms with E-state index in [1.807, 2.05) is 0 Å². The van der Waals surface area contributed by atoms with Gasteiger partial charge in [-0.05, 0) is 44.2 Å². The van der Waals surface area contributed by atoms with Crippen LogP contribution >= 0.6 is 0 Å². The largest absolute Gasteiger partial charge is 0.381 e. The van der Waals surface area contributed by atoms with Gasteiger partial charge >= 0.3 is 0 Å². The third-order valence-electron chi connectivity index (χ3n) is 4.69. The molecule has 0 aromatic rings. The third-order valence-corrected chi connectivity index (χ3v) is 4.69. The Morgan fingerprint density at radius 1 is 1.41 bits per heavy atom. The molecular weight excluding hydrogens is 216 g/mol. The number of carbonyl (C=O) groups is 1. The van der Waals surface area contributed by atoms with Crippen LogP contribution < -0.4 is 10.6 Å². The average Bonchev–Trinajstić information content (AvgIpc) is 2.82. The van der Waals surface area contributed by atoms with Crippen LogP contribution in [0.3, 0.4) is 0 Å². The van der Waals surface area contributed by atoms with Crippen LogP contribution in [0.2, 0.25) is 0 Å². The van der Waals surface area contributed by atoms with Crippen molar-refractivity contribution in [1.29, 1.82) is 0 Å². The monoisotopic (exact) mass is 238 g/mol. The molecule has 0 bridgehead atoms. The molecule has 2 unspecified atom stereocenters. The van der Waals surface area contributed by atoms with Crippen molar-refractivity contribution in [1.82, 2.24) is 10.6 Å². The van der Waals surface area contributed by atoms with E-state index >= 15 is 0 Å². The van der Waals surface area contributed by atoms with Gasteiger partial charge in [0.25, 0.3) is 0 Å². The molecule has 1 aliphatic carbocycles. The molecule has 0 aromatic heterocycles. The second kappa shape index (κ2) is 4.58. The first kappa shape index (κ1) is 11.5. The number of hydrogen-bond acceptors (Lipinski definition) is 3. The quantitative estimate of drug-likeness (QED) is 0.754. The second-order valence-corrected chi connectivity index (χ2v) is 5.84. The number of ether oxygens (including phenoxy) is 1. The van der Waals surface area contributed by atoms with Gasteiger partial charge in [0.2, 0.25) is 5.91 Å². The van der Waals surface area contributed by atoms with E-state index in [4.69, 9.17) is 4.74 Å². The lowest BCUT2D eigenvalue weighted by atomic mass is 9.91. The summed E-state index contributed by atoms with van der Waals surface area (Å²) in [5, 5.41) is 6.49. The maximum absolute atomic E-state index is 12.1. The highest BCUT2D eigenvalue weighted by Crippen LogP contribution is 2.58. The van der Waals surface area contributed by atoms with Crippen molar-refractivity contribution >= 4 is 5.91 Å². The molecule has 2 aliphatic heterocycles. The minimum absolute atomic E-state index is 0.291. The summed E-state index contributed by atoms with van der Waals surface area (Å²) >= 11 is 0. The standard InChI is InChI=1S/C13H22N2O2/c16-12(15-8-10-1-6-17-9-10)11-7-13(11)2-4-14-5-3-13/h10-11,14H,1-9H2,(H,15,16). The minimum Gasteiger partial charge on any atom is -0.381 e. The number of piperidine rings is 1. The predicted molar refractivity (Wildman–Crippen MR) is 64.6 cm³/mol. The first-order valence-electron chi connectivity index (χ1n) is 6.86. The van der Waals surface area contributed by atoms with Gasteiger partial charge in [0.05, 0.1) is 6.61 Å². The molecule has 3 fully saturated rings. The SMILES string of the molecule is O=C(NCC1CCOC1)C1CC12CCNCC2. The highest BCUT2D eigenvalue weighted by Gasteiger charge is 2.57. The van der Waals surface area contributed by atoms with Crippen molar-refractivity contribution < 1.29 is 9.53 Å². The van der Waals surface area contributed by atoms with Crippen molar-refractivity contribution in [2.45, 2.75) is 25.7 Å². The molecule has 2 heterocycles. The molecule has 4 nitrogen and oxygen atoms in total. The van der Waals surface area contributed by atoms with Crippen LogP contribution in [0.1, 0.15) is 25.7 Å². The van der Waals surface area contributed by atoms with Crippen molar-refractivity contribution in [3.05, 3.63) is 0 Å². The molecule has 3 aliphatic rings. The van der Waals surface area contributed by atoms with E-state index in [0.29, 0.717) is 23.2 Å². The van der Waals surface area contributed by atoms with E-state index in [-0.39, 0.29) is 0 Å². The Kier molecular flexibility index (Phi) is 3.09. The summed E-state index contributed by atoms with van der Waals surface area (Å²) in [6, 6.07) is 0. The van der Waals surface area contributed by atoms with Gasteiger partial charge in [0, 0.05) is 25.0 Å². The normalized spacial score (nSPS) is 34.8. The summed E-state index contributed by atoms with van der Waals surface area (Å²) in [5.74, 6) is 1.13. The molecule has 1 spiro atoms. The first-order chi connectivity index (χ1) is 8.30. The molecule has 17 heavy (non-hydrogen) atoms. The van der Waals surface area contributed by atoms with Crippen LogP contribution in [0.4, 0.5) is 0 Å². The Morgan fingerprint density at radius 3 is 2.94 bits per heavy atom. The van der Waals surface area contributed by atoms with Crippen molar-refractivity contribution in [3.8, 4) is 0 Å². The highest BCUT2D eigenvalue weighted by molar-refractivity contribution is 5.82. The molecule has 0 radical (unpaired) electrons. The zero-order chi connectivity index (χ0) is 11.7. The van der Waals surface area contributed by atoms with Crippen LogP contribution in [0, 0.1) is 17.3 Å². The zero-order valence-corrected chi connectivity index (χ0v) is 10.3. The molecular formula is C13H22N2O2. The molecule has 0 aromatic carbocycles. The second-order valence-electron chi connectivity index (χ2n) is 5.84. The van der Waals surface area contributed by atoms with Crippen molar-refractivity contribution in [2.24, 2.45) is 17.3 Å². The zero-order valence-electron chi connectivity index (χ0n) is 10.3. The van der Waals surface area contributed by atoms with Gasteiger partial charge in [0.15, 0.2) is 0 Å². The van der Waals surface area contributed by atoms with E-state index in [2.05, 4.69) is 10.6 Å². The minimum atomic E-state index is 0.291. The molecule has 2 atom stereocenters. The molecule has 96 valence electrons. The Hall–Kier alpha value is -0.610. The number of rotatable bonds is 3. The van der Waals surface area contributed by atoms with E-state index in [1.165, 1.54) is 12.8 Å². The van der Waals surface area contributed by atoms with Crippen LogP contribution in [-0.2, 0) is 9.53 Å². The fourth-order valence-electron chi connectivity index (χ4n) is 3.31. The van der Waals surface area contributed by atoms with E-state index in [0.717, 1.165) is 45.7 Å². The molecule has 1 amide bonds. The summed E-state index contributed by atoms with van der Waals surface area (Å²) in [6.07, 6.45) is 4.57. The predicted octanol–water partition coefficient (Wildman–Crippen LogP) is 0.529. The first-order valence-corrected chi connectivity index (χ1v) is 6.86. The topological polar surface area (TPSA) is 50.4 Å². The Morgan fingerprint density at radius 2 is 2.24 bits per heavy atom. The average molecular weight is 238 g/mol. The maximum Gasteiger partial charge on any atom is 0.223 e. The summed E-state index contributed by atoms with van der Waals surface area (Å²) in [6.45, 7) is 4.66. The fourth-order valence-corrected chi connectivity index (χ4v) is 3.31. The van der Waals surface area contributed by atoms with E-state index in [9.17, 15) is 4.79 Å². The molecule has 1 saturated carbocycles.